The number of aryl methyl sites for hydroxylation is 2. The molecule has 0 unspecified atom stereocenters. The van der Waals surface area contributed by atoms with E-state index in [4.69, 9.17) is 0 Å². The molecule has 0 heterocycles. The van der Waals surface area contributed by atoms with Gasteiger partial charge in [-0.1, -0.05) is 67.1 Å². The molecule has 0 saturated heterocycles. The normalized spacial score (nSPS) is 12.9. The molecule has 4 heteroatoms. The van der Waals surface area contributed by atoms with E-state index in [2.05, 4.69) is 5.32 Å². The lowest BCUT2D eigenvalue weighted by molar-refractivity contribution is -0.140. The highest BCUT2D eigenvalue weighted by Crippen LogP contribution is 2.14. The van der Waals surface area contributed by atoms with Crippen LogP contribution in [0.25, 0.3) is 0 Å². The Kier molecular flexibility index (Phi) is 8.24. The van der Waals surface area contributed by atoms with E-state index < -0.39 is 6.04 Å². The lowest BCUT2D eigenvalue weighted by Gasteiger charge is -2.30. The first-order chi connectivity index (χ1) is 13.4. The molecule has 2 aromatic rings. The minimum atomic E-state index is -0.515. The van der Waals surface area contributed by atoms with Crippen molar-refractivity contribution in [3.8, 4) is 0 Å². The number of nitrogens with zero attached hydrogens (tertiary/aromatic N) is 1. The second-order valence-electron chi connectivity index (χ2n) is 7.49. The van der Waals surface area contributed by atoms with Crippen molar-refractivity contribution in [3.05, 3.63) is 71.3 Å². The summed E-state index contributed by atoms with van der Waals surface area (Å²) >= 11 is 0. The molecule has 0 aliphatic heterocycles. The zero-order valence-corrected chi connectivity index (χ0v) is 17.4. The molecule has 2 amide bonds. The molecule has 1 N–H and O–H groups in total. The Labute approximate surface area is 169 Å². The van der Waals surface area contributed by atoms with Gasteiger partial charge in [-0.15, -0.1) is 0 Å². The Balaban J connectivity index is 2.12. The van der Waals surface area contributed by atoms with Crippen LogP contribution in [0.5, 0.6) is 0 Å². The minimum absolute atomic E-state index is 0.00349. The first-order valence-electron chi connectivity index (χ1n) is 10.1. The van der Waals surface area contributed by atoms with Crippen molar-refractivity contribution in [2.24, 2.45) is 0 Å². The SMILES string of the molecule is CC[C@@H](C)NC(=O)[C@@H](C)N(Cc1ccc(C)cc1)C(=O)CCc1ccccc1. The van der Waals surface area contributed by atoms with Crippen LogP contribution in [0.15, 0.2) is 54.6 Å². The zero-order chi connectivity index (χ0) is 20.5. The van der Waals surface area contributed by atoms with Crippen LogP contribution >= 0.6 is 0 Å². The van der Waals surface area contributed by atoms with Crippen LogP contribution in [0.4, 0.5) is 0 Å². The Morgan fingerprint density at radius 3 is 2.21 bits per heavy atom. The van der Waals surface area contributed by atoms with E-state index in [1.807, 2.05) is 82.3 Å². The second kappa shape index (κ2) is 10.6. The number of hydrogen-bond acceptors (Lipinski definition) is 2. The highest BCUT2D eigenvalue weighted by Gasteiger charge is 2.26. The third-order valence-electron chi connectivity index (χ3n) is 5.11. The molecule has 0 aromatic heterocycles. The maximum atomic E-state index is 13.0. The van der Waals surface area contributed by atoms with Crippen LogP contribution in [0.3, 0.4) is 0 Å². The smallest absolute Gasteiger partial charge is 0.242 e. The van der Waals surface area contributed by atoms with Crippen LogP contribution in [0.2, 0.25) is 0 Å². The predicted octanol–water partition coefficient (Wildman–Crippen LogP) is 4.26. The molecule has 0 aliphatic rings. The first kappa shape index (κ1) is 21.7. The number of amides is 2. The van der Waals surface area contributed by atoms with Gasteiger partial charge in [-0.3, -0.25) is 9.59 Å². The van der Waals surface area contributed by atoms with Gasteiger partial charge in [0.2, 0.25) is 11.8 Å². The van der Waals surface area contributed by atoms with Crippen molar-refractivity contribution in [1.29, 1.82) is 0 Å². The molecule has 0 spiro atoms. The van der Waals surface area contributed by atoms with Crippen LogP contribution in [-0.4, -0.2) is 28.8 Å². The Morgan fingerprint density at radius 1 is 0.964 bits per heavy atom. The van der Waals surface area contributed by atoms with Crippen molar-refractivity contribution in [2.45, 2.75) is 65.6 Å². The lowest BCUT2D eigenvalue weighted by Crippen LogP contribution is -2.49. The van der Waals surface area contributed by atoms with E-state index in [-0.39, 0.29) is 17.9 Å². The van der Waals surface area contributed by atoms with Crippen molar-refractivity contribution >= 4 is 11.8 Å². The second-order valence-corrected chi connectivity index (χ2v) is 7.49. The predicted molar refractivity (Wildman–Crippen MR) is 114 cm³/mol. The van der Waals surface area contributed by atoms with Crippen molar-refractivity contribution in [3.63, 3.8) is 0 Å². The number of hydrogen-bond donors (Lipinski definition) is 1. The molecule has 2 rings (SSSR count). The van der Waals surface area contributed by atoms with E-state index in [0.29, 0.717) is 19.4 Å². The van der Waals surface area contributed by atoms with Crippen molar-refractivity contribution < 1.29 is 9.59 Å². The van der Waals surface area contributed by atoms with Crippen LogP contribution in [-0.2, 0) is 22.6 Å². The average Bonchev–Trinajstić information content (AvgIpc) is 2.71. The molecule has 150 valence electrons. The molecule has 4 nitrogen and oxygen atoms in total. The molecular formula is C24H32N2O2. The molecule has 0 saturated carbocycles. The fourth-order valence-corrected chi connectivity index (χ4v) is 2.98. The van der Waals surface area contributed by atoms with E-state index in [1.165, 1.54) is 5.56 Å². The molecule has 0 radical (unpaired) electrons. The van der Waals surface area contributed by atoms with E-state index >= 15 is 0 Å². The summed E-state index contributed by atoms with van der Waals surface area (Å²) in [5.74, 6) is -0.106. The summed E-state index contributed by atoms with van der Waals surface area (Å²) in [5.41, 5.74) is 3.33. The number of benzene rings is 2. The maximum absolute atomic E-state index is 13.0. The standard InChI is InChI=1S/C24H32N2O2/c1-5-19(3)25-24(28)20(4)26(17-22-13-11-18(2)12-14-22)23(27)16-15-21-9-7-6-8-10-21/h6-14,19-20H,5,15-17H2,1-4H3,(H,25,28)/t19-,20-/m1/s1. The van der Waals surface area contributed by atoms with E-state index in [1.54, 1.807) is 4.90 Å². The highest BCUT2D eigenvalue weighted by molar-refractivity contribution is 5.87. The zero-order valence-electron chi connectivity index (χ0n) is 17.4. The van der Waals surface area contributed by atoms with Gasteiger partial charge in [0.15, 0.2) is 0 Å². The van der Waals surface area contributed by atoms with Gasteiger partial charge in [0.05, 0.1) is 0 Å². The average molecular weight is 381 g/mol. The summed E-state index contributed by atoms with van der Waals surface area (Å²) in [5, 5.41) is 3.00. The highest BCUT2D eigenvalue weighted by atomic mass is 16.2. The maximum Gasteiger partial charge on any atom is 0.242 e. The molecule has 2 atom stereocenters. The largest absolute Gasteiger partial charge is 0.352 e. The van der Waals surface area contributed by atoms with Gasteiger partial charge in [0.25, 0.3) is 0 Å². The van der Waals surface area contributed by atoms with Gasteiger partial charge in [-0.05, 0) is 44.7 Å². The molecule has 0 bridgehead atoms. The van der Waals surface area contributed by atoms with Gasteiger partial charge < -0.3 is 10.2 Å². The Bertz CT molecular complexity index is 756. The Hall–Kier alpha value is -2.62. The summed E-state index contributed by atoms with van der Waals surface area (Å²) in [4.78, 5) is 27.4. The topological polar surface area (TPSA) is 49.4 Å². The van der Waals surface area contributed by atoms with E-state index in [0.717, 1.165) is 17.5 Å². The summed E-state index contributed by atoms with van der Waals surface area (Å²) < 4.78 is 0. The first-order valence-corrected chi connectivity index (χ1v) is 10.1. The summed E-state index contributed by atoms with van der Waals surface area (Å²) in [6.45, 7) is 8.29. The van der Waals surface area contributed by atoms with Crippen molar-refractivity contribution in [2.75, 3.05) is 0 Å². The number of carbonyl (C=O) groups is 2. The van der Waals surface area contributed by atoms with Crippen molar-refractivity contribution in [1.82, 2.24) is 10.2 Å². The third kappa shape index (κ3) is 6.52. The van der Waals surface area contributed by atoms with E-state index in [9.17, 15) is 9.59 Å². The number of carbonyl (C=O) groups excluding carboxylic acids is 2. The van der Waals surface area contributed by atoms with Gasteiger partial charge in [0, 0.05) is 19.0 Å². The van der Waals surface area contributed by atoms with Gasteiger partial charge in [0.1, 0.15) is 6.04 Å². The monoisotopic (exact) mass is 380 g/mol. The molecular weight excluding hydrogens is 348 g/mol. The van der Waals surface area contributed by atoms with Gasteiger partial charge in [-0.25, -0.2) is 0 Å². The van der Waals surface area contributed by atoms with Gasteiger partial charge >= 0.3 is 0 Å². The summed E-state index contributed by atoms with van der Waals surface area (Å²) in [7, 11) is 0. The molecule has 28 heavy (non-hydrogen) atoms. The lowest BCUT2D eigenvalue weighted by atomic mass is 10.1. The Morgan fingerprint density at radius 2 is 1.61 bits per heavy atom. The third-order valence-corrected chi connectivity index (χ3v) is 5.11. The number of rotatable bonds is 9. The molecule has 0 fully saturated rings. The fraction of sp³-hybridized carbons (Fsp3) is 0.417. The fourth-order valence-electron chi connectivity index (χ4n) is 2.98. The van der Waals surface area contributed by atoms with Crippen LogP contribution < -0.4 is 5.32 Å². The summed E-state index contributed by atoms with van der Waals surface area (Å²) in [6.07, 6.45) is 1.92. The van der Waals surface area contributed by atoms with Gasteiger partial charge in [-0.2, -0.15) is 0 Å². The van der Waals surface area contributed by atoms with Crippen LogP contribution in [0, 0.1) is 6.92 Å². The summed E-state index contributed by atoms with van der Waals surface area (Å²) in [6, 6.07) is 17.7. The molecule has 0 aliphatic carbocycles. The van der Waals surface area contributed by atoms with Crippen LogP contribution in [0.1, 0.15) is 50.3 Å². The molecule has 2 aromatic carbocycles. The number of nitrogens with one attached hydrogen (secondary N) is 1. The quantitative estimate of drug-likeness (QED) is 0.707. The minimum Gasteiger partial charge on any atom is -0.352 e.